The molecule has 0 radical (unpaired) electrons. The highest BCUT2D eigenvalue weighted by Gasteiger charge is 2.72. The van der Waals surface area contributed by atoms with Gasteiger partial charge in [-0.05, 0) is 64.8 Å². The summed E-state index contributed by atoms with van der Waals surface area (Å²) in [5.41, 5.74) is 1.43. The Morgan fingerprint density at radius 1 is 1.33 bits per heavy atom. The van der Waals surface area contributed by atoms with E-state index in [2.05, 4.69) is 38.0 Å². The summed E-state index contributed by atoms with van der Waals surface area (Å²) < 4.78 is 13.5. The predicted molar refractivity (Wildman–Crippen MR) is 92.7 cm³/mol. The molecule has 0 saturated heterocycles. The highest BCUT2D eigenvalue weighted by Crippen LogP contribution is 2.70. The lowest BCUT2D eigenvalue weighted by molar-refractivity contribution is -0.175. The first-order valence-corrected chi connectivity index (χ1v) is 8.71. The number of phenols is 1. The van der Waals surface area contributed by atoms with Gasteiger partial charge in [-0.1, -0.05) is 6.07 Å². The normalized spacial score (nSPS) is 35.9. The molecule has 5 rings (SSSR count). The first-order chi connectivity index (χ1) is 11.2. The second kappa shape index (κ2) is 4.72. The largest absolute Gasteiger partial charge is 0.505 e. The lowest BCUT2D eigenvalue weighted by Crippen LogP contribution is -2.77. The highest BCUT2D eigenvalue weighted by molar-refractivity contribution is 5.94. The first-order valence-electron chi connectivity index (χ1n) is 8.71. The van der Waals surface area contributed by atoms with Crippen LogP contribution in [-0.2, 0) is 6.54 Å². The first kappa shape index (κ1) is 15.9. The van der Waals surface area contributed by atoms with Gasteiger partial charge in [0.25, 0.3) is 0 Å². The predicted octanol–water partition coefficient (Wildman–Crippen LogP) is 3.05. The van der Waals surface area contributed by atoms with Crippen molar-refractivity contribution in [2.24, 2.45) is 10.4 Å². The van der Waals surface area contributed by atoms with E-state index >= 15 is 0 Å². The van der Waals surface area contributed by atoms with Crippen molar-refractivity contribution in [1.82, 2.24) is 10.2 Å². The van der Waals surface area contributed by atoms with E-state index in [0.29, 0.717) is 12.6 Å². The van der Waals surface area contributed by atoms with Gasteiger partial charge < -0.3 is 10.4 Å². The van der Waals surface area contributed by atoms with Crippen molar-refractivity contribution in [3.63, 3.8) is 0 Å². The van der Waals surface area contributed by atoms with Crippen LogP contribution in [-0.4, -0.2) is 40.0 Å². The van der Waals surface area contributed by atoms with Gasteiger partial charge in [-0.15, -0.1) is 0 Å². The Bertz CT molecular complexity index is 708. The summed E-state index contributed by atoms with van der Waals surface area (Å²) >= 11 is 0. The fourth-order valence-electron chi connectivity index (χ4n) is 4.55. The molecule has 0 amide bonds. The van der Waals surface area contributed by atoms with Crippen LogP contribution >= 0.6 is 0 Å². The third-order valence-corrected chi connectivity index (χ3v) is 6.55. The molecular formula is C19H26FN3O. The number of halogens is 1. The molecule has 2 N–H and O–H groups in total. The molecule has 5 heteroatoms. The monoisotopic (exact) mass is 331 g/mol. The van der Waals surface area contributed by atoms with Gasteiger partial charge in [0.1, 0.15) is 5.84 Å². The summed E-state index contributed by atoms with van der Waals surface area (Å²) in [6, 6.07) is 4.97. The summed E-state index contributed by atoms with van der Waals surface area (Å²) in [6.07, 6.45) is 3.39. The molecule has 4 nitrogen and oxygen atoms in total. The van der Waals surface area contributed by atoms with Crippen LogP contribution in [0.5, 0.6) is 5.75 Å². The third kappa shape index (κ3) is 2.10. The Kier molecular flexibility index (Phi) is 3.12. The zero-order valence-electron chi connectivity index (χ0n) is 14.9. The number of phenolic OH excluding ortho intramolecular Hbond substituents is 1. The molecule has 0 unspecified atom stereocenters. The zero-order valence-corrected chi connectivity index (χ0v) is 14.9. The number of amidine groups is 1. The lowest BCUT2D eigenvalue weighted by Gasteiger charge is -2.73. The minimum absolute atomic E-state index is 0.0490. The second-order valence-electron chi connectivity index (χ2n) is 8.68. The van der Waals surface area contributed by atoms with Crippen LogP contribution < -0.4 is 5.32 Å². The van der Waals surface area contributed by atoms with Crippen molar-refractivity contribution < 1.29 is 9.50 Å². The van der Waals surface area contributed by atoms with Crippen molar-refractivity contribution in [1.29, 1.82) is 0 Å². The maximum Gasteiger partial charge on any atom is 0.165 e. The minimum Gasteiger partial charge on any atom is -0.505 e. The molecule has 0 aromatic heterocycles. The lowest BCUT2D eigenvalue weighted by atomic mass is 9.38. The quantitative estimate of drug-likeness (QED) is 0.891. The summed E-state index contributed by atoms with van der Waals surface area (Å²) in [6.45, 7) is 7.30. The Hall–Kier alpha value is -1.62. The fourth-order valence-corrected chi connectivity index (χ4v) is 4.55. The SMILES string of the molecule is C[C@@H]1N=C(C23CC(N(C)Cc4ccc(O)c(F)c4)(C2)C3)NC1(C)C. The van der Waals surface area contributed by atoms with Gasteiger partial charge in [-0.3, -0.25) is 9.89 Å². The minimum atomic E-state index is -0.546. The number of aliphatic imine (C=N–C) groups is 1. The Labute approximate surface area is 142 Å². The number of hydrogen-bond acceptors (Lipinski definition) is 4. The van der Waals surface area contributed by atoms with E-state index < -0.39 is 5.82 Å². The van der Waals surface area contributed by atoms with Crippen LogP contribution in [0.4, 0.5) is 4.39 Å². The van der Waals surface area contributed by atoms with Crippen molar-refractivity contribution in [3.8, 4) is 5.75 Å². The van der Waals surface area contributed by atoms with E-state index in [1.54, 1.807) is 6.07 Å². The number of benzene rings is 1. The van der Waals surface area contributed by atoms with E-state index in [1.165, 1.54) is 18.0 Å². The average Bonchev–Trinajstić information content (AvgIpc) is 2.65. The molecule has 24 heavy (non-hydrogen) atoms. The molecule has 4 aliphatic rings. The number of nitrogens with one attached hydrogen (secondary N) is 1. The maximum absolute atomic E-state index is 13.5. The standard InChI is InChI=1S/C19H26FN3O/c1-12-17(2,3)22-16(21-12)18-9-19(10-18,11-18)23(4)8-13-5-6-15(24)14(20)7-13/h5-7,12,24H,8-11H2,1-4H3,(H,21,22)/t12-,18?,19?/m0/s1. The molecule has 1 aromatic carbocycles. The third-order valence-electron chi connectivity index (χ3n) is 6.55. The molecule has 1 aliphatic heterocycles. The van der Waals surface area contributed by atoms with Gasteiger partial charge in [0.15, 0.2) is 11.6 Å². The smallest absolute Gasteiger partial charge is 0.165 e. The topological polar surface area (TPSA) is 47.9 Å². The molecule has 3 fully saturated rings. The van der Waals surface area contributed by atoms with Crippen molar-refractivity contribution in [3.05, 3.63) is 29.6 Å². The summed E-state index contributed by atoms with van der Waals surface area (Å²) in [5.74, 6) is 0.370. The van der Waals surface area contributed by atoms with Crippen molar-refractivity contribution in [2.45, 2.75) is 63.7 Å². The molecule has 3 saturated carbocycles. The molecule has 0 spiro atoms. The van der Waals surface area contributed by atoms with Crippen LogP contribution in [0.25, 0.3) is 0 Å². The number of nitrogens with zero attached hydrogens (tertiary/aromatic N) is 2. The van der Waals surface area contributed by atoms with Gasteiger partial charge in [0, 0.05) is 17.5 Å². The van der Waals surface area contributed by atoms with Crippen LogP contribution in [0.1, 0.15) is 45.6 Å². The van der Waals surface area contributed by atoms with E-state index in [1.807, 2.05) is 0 Å². The zero-order chi connectivity index (χ0) is 17.3. The van der Waals surface area contributed by atoms with Crippen molar-refractivity contribution in [2.75, 3.05) is 7.05 Å². The van der Waals surface area contributed by atoms with Crippen LogP contribution in [0.3, 0.4) is 0 Å². The van der Waals surface area contributed by atoms with E-state index in [0.717, 1.165) is 24.8 Å². The maximum atomic E-state index is 13.5. The Balaban J connectivity index is 1.41. The van der Waals surface area contributed by atoms with Crippen LogP contribution in [0.2, 0.25) is 0 Å². The molecule has 130 valence electrons. The van der Waals surface area contributed by atoms with E-state index in [-0.39, 0.29) is 22.2 Å². The summed E-state index contributed by atoms with van der Waals surface area (Å²) in [4.78, 5) is 7.22. The average molecular weight is 331 g/mol. The van der Waals surface area contributed by atoms with Gasteiger partial charge in [0.2, 0.25) is 0 Å². The van der Waals surface area contributed by atoms with Crippen LogP contribution in [0.15, 0.2) is 23.2 Å². The van der Waals surface area contributed by atoms with Gasteiger partial charge in [0.05, 0.1) is 11.6 Å². The van der Waals surface area contributed by atoms with E-state index in [9.17, 15) is 9.50 Å². The van der Waals surface area contributed by atoms with E-state index in [4.69, 9.17) is 4.99 Å². The summed E-state index contributed by atoms with van der Waals surface area (Å²) in [7, 11) is 2.12. The summed E-state index contributed by atoms with van der Waals surface area (Å²) in [5, 5.41) is 12.9. The fraction of sp³-hybridized carbons (Fsp3) is 0.632. The Morgan fingerprint density at radius 2 is 2.00 bits per heavy atom. The van der Waals surface area contributed by atoms with Gasteiger partial charge in [-0.2, -0.15) is 0 Å². The molecule has 1 aromatic rings. The van der Waals surface area contributed by atoms with Gasteiger partial charge >= 0.3 is 0 Å². The molecular weight excluding hydrogens is 305 g/mol. The van der Waals surface area contributed by atoms with Crippen molar-refractivity contribution >= 4 is 5.84 Å². The Morgan fingerprint density at radius 3 is 2.54 bits per heavy atom. The number of aromatic hydroxyl groups is 1. The molecule has 1 atom stereocenters. The second-order valence-corrected chi connectivity index (χ2v) is 8.68. The number of rotatable bonds is 4. The highest BCUT2D eigenvalue weighted by atomic mass is 19.1. The molecule has 3 aliphatic carbocycles. The number of hydrogen-bond donors (Lipinski definition) is 2. The van der Waals surface area contributed by atoms with Gasteiger partial charge in [-0.25, -0.2) is 4.39 Å². The molecule has 1 heterocycles. The van der Waals surface area contributed by atoms with Crippen LogP contribution in [0, 0.1) is 11.2 Å². The molecule has 2 bridgehead atoms.